The highest BCUT2D eigenvalue weighted by atomic mass is 16.2. The number of rotatable bonds is 1. The Morgan fingerprint density at radius 1 is 0.957 bits per heavy atom. The Hall–Kier alpha value is -1.53. The van der Waals surface area contributed by atoms with E-state index in [-0.39, 0.29) is 35.8 Å². The minimum Gasteiger partial charge on any atom is -0.371 e. The van der Waals surface area contributed by atoms with Crippen molar-refractivity contribution in [2.45, 2.75) is 75.4 Å². The van der Waals surface area contributed by atoms with Crippen LogP contribution < -0.4 is 5.32 Å². The fraction of sp³-hybridized carbons (Fsp3) is 0.812. The number of imide groups is 1. The van der Waals surface area contributed by atoms with Gasteiger partial charge in [0.1, 0.15) is 5.54 Å². The van der Waals surface area contributed by atoms with Crippen molar-refractivity contribution in [3.63, 3.8) is 0 Å². The normalized spacial score (nSPS) is 40.7. The Morgan fingerprint density at radius 2 is 1.57 bits per heavy atom. The highest BCUT2D eigenvalue weighted by Crippen LogP contribution is 2.50. The summed E-state index contributed by atoms with van der Waals surface area (Å²) in [5, 5.41) is 2.48. The molecular weight excluding hydrogens is 293 g/mol. The SMILES string of the molecule is BN1C(=O)N(C23CC(C2)C(=O)NC3=O)C2CCCCCCCC21. The van der Waals surface area contributed by atoms with E-state index in [0.717, 1.165) is 25.7 Å². The third kappa shape index (κ3) is 2.04. The second kappa shape index (κ2) is 5.25. The molecule has 0 aromatic rings. The van der Waals surface area contributed by atoms with Gasteiger partial charge in [-0.15, -0.1) is 0 Å². The first-order valence-electron chi connectivity index (χ1n) is 8.96. The molecule has 7 heteroatoms. The summed E-state index contributed by atoms with van der Waals surface area (Å²) in [7, 11) is 1.87. The number of fused-ring (bicyclic) bond motifs is 3. The average molecular weight is 317 g/mol. The number of amides is 4. The van der Waals surface area contributed by atoms with E-state index in [9.17, 15) is 14.4 Å². The van der Waals surface area contributed by atoms with E-state index in [0.29, 0.717) is 12.8 Å². The first kappa shape index (κ1) is 15.0. The van der Waals surface area contributed by atoms with Gasteiger partial charge in [0.2, 0.25) is 13.9 Å². The molecule has 2 bridgehead atoms. The minimum absolute atomic E-state index is 0.0245. The maximum absolute atomic E-state index is 12.9. The number of nitrogens with one attached hydrogen (secondary N) is 1. The van der Waals surface area contributed by atoms with Gasteiger partial charge in [-0.1, -0.05) is 32.1 Å². The van der Waals surface area contributed by atoms with Gasteiger partial charge < -0.3 is 9.71 Å². The van der Waals surface area contributed by atoms with Crippen LogP contribution in [0.15, 0.2) is 0 Å². The predicted molar refractivity (Wildman–Crippen MR) is 86.1 cm³/mol. The second-order valence-corrected chi connectivity index (χ2v) is 7.70. The summed E-state index contributed by atoms with van der Waals surface area (Å²) in [5.74, 6) is -0.517. The minimum atomic E-state index is -0.766. The van der Waals surface area contributed by atoms with Crippen LogP contribution in [0.25, 0.3) is 0 Å². The molecule has 5 fully saturated rings. The van der Waals surface area contributed by atoms with Crippen molar-refractivity contribution < 1.29 is 14.4 Å². The number of carbonyl (C=O) groups is 3. The third-order valence-electron chi connectivity index (χ3n) is 6.44. The van der Waals surface area contributed by atoms with Gasteiger partial charge in [-0.25, -0.2) is 4.79 Å². The number of urea groups is 1. The summed E-state index contributed by atoms with van der Waals surface area (Å²) in [4.78, 5) is 40.9. The molecule has 23 heavy (non-hydrogen) atoms. The van der Waals surface area contributed by atoms with Crippen LogP contribution >= 0.6 is 0 Å². The average Bonchev–Trinajstić information content (AvgIpc) is 2.76. The Bertz CT molecular complexity index is 561. The van der Waals surface area contributed by atoms with Crippen LogP contribution in [-0.2, 0) is 9.59 Å². The van der Waals surface area contributed by atoms with E-state index in [1.165, 1.54) is 19.3 Å². The molecule has 1 N–H and O–H groups in total. The first-order valence-corrected chi connectivity index (χ1v) is 8.96. The number of nitrogens with zero attached hydrogens (tertiary/aromatic N) is 2. The first-order chi connectivity index (χ1) is 11.0. The van der Waals surface area contributed by atoms with Crippen molar-refractivity contribution >= 4 is 25.8 Å². The van der Waals surface area contributed by atoms with Gasteiger partial charge in [-0.2, -0.15) is 0 Å². The highest BCUT2D eigenvalue weighted by Gasteiger charge is 2.65. The van der Waals surface area contributed by atoms with Crippen LogP contribution in [0, 0.1) is 5.92 Å². The largest absolute Gasteiger partial charge is 0.371 e. The lowest BCUT2D eigenvalue weighted by Crippen LogP contribution is -2.74. The van der Waals surface area contributed by atoms with E-state index in [4.69, 9.17) is 0 Å². The van der Waals surface area contributed by atoms with E-state index < -0.39 is 5.54 Å². The lowest BCUT2D eigenvalue weighted by Gasteiger charge is -2.55. The summed E-state index contributed by atoms with van der Waals surface area (Å²) in [6.07, 6.45) is 8.96. The van der Waals surface area contributed by atoms with Crippen molar-refractivity contribution in [1.82, 2.24) is 15.0 Å². The zero-order valence-electron chi connectivity index (χ0n) is 13.7. The number of carbonyl (C=O) groups excluding carboxylic acids is 3. The zero-order chi connectivity index (χ0) is 16.2. The fourth-order valence-electron chi connectivity index (χ4n) is 5.09. The molecule has 124 valence electrons. The zero-order valence-corrected chi connectivity index (χ0v) is 13.7. The number of hydrogen-bond acceptors (Lipinski definition) is 3. The number of piperidine rings is 2. The molecule has 3 saturated heterocycles. The molecule has 2 unspecified atom stereocenters. The predicted octanol–water partition coefficient (Wildman–Crippen LogP) is 0.559. The molecule has 0 aromatic carbocycles. The van der Waals surface area contributed by atoms with Crippen molar-refractivity contribution in [3.8, 4) is 0 Å². The van der Waals surface area contributed by atoms with E-state index in [2.05, 4.69) is 5.32 Å². The maximum Gasteiger partial charge on any atom is 0.308 e. The summed E-state index contributed by atoms with van der Waals surface area (Å²) in [5.41, 5.74) is -0.766. The van der Waals surface area contributed by atoms with Crippen LogP contribution in [-0.4, -0.2) is 53.2 Å². The Kier molecular flexibility index (Phi) is 3.43. The van der Waals surface area contributed by atoms with Gasteiger partial charge in [-0.3, -0.25) is 14.9 Å². The maximum atomic E-state index is 12.9. The molecule has 2 aliphatic carbocycles. The van der Waals surface area contributed by atoms with Crippen LogP contribution in [0.3, 0.4) is 0 Å². The smallest absolute Gasteiger partial charge is 0.308 e. The van der Waals surface area contributed by atoms with Gasteiger partial charge in [0.05, 0.1) is 6.04 Å². The fourth-order valence-corrected chi connectivity index (χ4v) is 5.09. The van der Waals surface area contributed by atoms with E-state index in [1.807, 2.05) is 17.7 Å². The highest BCUT2D eigenvalue weighted by molar-refractivity contribution is 6.16. The molecule has 0 spiro atoms. The van der Waals surface area contributed by atoms with Gasteiger partial charge in [0.25, 0.3) is 5.91 Å². The van der Waals surface area contributed by atoms with Gasteiger partial charge in [0.15, 0.2) is 0 Å². The van der Waals surface area contributed by atoms with Crippen LogP contribution in [0.1, 0.15) is 57.8 Å². The topological polar surface area (TPSA) is 69.7 Å². The van der Waals surface area contributed by atoms with Crippen LogP contribution in [0.2, 0.25) is 0 Å². The standard InChI is InChI=1S/C16H24BN3O3/c17-20-12-7-5-3-1-2-4-6-11(12)19(15(20)23)16-8-10(9-16)13(21)18-14(16)22/h10-12H,1-9,17H2,(H,18,21,22). The molecule has 6 nitrogen and oxygen atoms in total. The van der Waals surface area contributed by atoms with Crippen molar-refractivity contribution in [3.05, 3.63) is 0 Å². The number of hydrogen-bond donors (Lipinski definition) is 1. The quantitative estimate of drug-likeness (QED) is 0.567. The Balaban J connectivity index is 1.65. The van der Waals surface area contributed by atoms with Gasteiger partial charge >= 0.3 is 6.03 Å². The van der Waals surface area contributed by atoms with Crippen LogP contribution in [0.4, 0.5) is 4.79 Å². The van der Waals surface area contributed by atoms with E-state index in [1.54, 1.807) is 0 Å². The monoisotopic (exact) mass is 317 g/mol. The lowest BCUT2D eigenvalue weighted by atomic mass is 9.63. The van der Waals surface area contributed by atoms with Crippen molar-refractivity contribution in [2.75, 3.05) is 0 Å². The summed E-state index contributed by atoms with van der Waals surface area (Å²) >= 11 is 0. The molecule has 5 rings (SSSR count). The molecule has 0 radical (unpaired) electrons. The summed E-state index contributed by atoms with van der Waals surface area (Å²) in [6, 6.07) is 0.300. The third-order valence-corrected chi connectivity index (χ3v) is 6.44. The molecule has 4 amide bonds. The molecule has 3 aliphatic heterocycles. The molecule has 5 aliphatic rings. The Labute approximate surface area is 137 Å². The molecule has 0 aromatic heterocycles. The molecule has 3 heterocycles. The molecule has 2 saturated carbocycles. The van der Waals surface area contributed by atoms with Crippen molar-refractivity contribution in [2.24, 2.45) is 5.92 Å². The second-order valence-electron chi connectivity index (χ2n) is 7.70. The lowest BCUT2D eigenvalue weighted by molar-refractivity contribution is -0.161. The Morgan fingerprint density at radius 3 is 2.22 bits per heavy atom. The van der Waals surface area contributed by atoms with Gasteiger partial charge in [-0.05, 0) is 25.7 Å². The summed E-state index contributed by atoms with van der Waals surface area (Å²) in [6.45, 7) is 0. The molecular formula is C16H24BN3O3. The van der Waals surface area contributed by atoms with E-state index >= 15 is 0 Å². The molecule has 2 atom stereocenters. The van der Waals surface area contributed by atoms with Crippen LogP contribution in [0.5, 0.6) is 0 Å². The van der Waals surface area contributed by atoms with Gasteiger partial charge in [0, 0.05) is 12.0 Å². The van der Waals surface area contributed by atoms with Crippen molar-refractivity contribution in [1.29, 1.82) is 0 Å². The summed E-state index contributed by atoms with van der Waals surface area (Å²) < 4.78 is 0.